The smallest absolute Gasteiger partial charge is 0.303 e. The van der Waals surface area contributed by atoms with E-state index in [4.69, 9.17) is 10.8 Å². The second-order valence-electron chi connectivity index (χ2n) is 4.64. The molecule has 0 aromatic carbocycles. The van der Waals surface area contributed by atoms with E-state index in [1.807, 2.05) is 4.90 Å². The van der Waals surface area contributed by atoms with E-state index in [-0.39, 0.29) is 12.3 Å². The van der Waals surface area contributed by atoms with Crippen molar-refractivity contribution >= 4 is 17.7 Å². The summed E-state index contributed by atoms with van der Waals surface area (Å²) in [6.07, 6.45) is 0.152. The number of carbonyl (C=O) groups is 2. The molecule has 7 heteroatoms. The third-order valence-corrected chi connectivity index (χ3v) is 3.16. The van der Waals surface area contributed by atoms with Crippen LogP contribution in [0.25, 0.3) is 0 Å². The standard InChI is InChI=1S/C11H16N4O3/c1-6-9(10(12)18)11(14(2)13-6)15-4-7(5-15)3-8(16)17/h7H,3-5H2,1-2H3,(H2,12,18)(H,16,17). The van der Waals surface area contributed by atoms with Crippen LogP contribution in [-0.4, -0.2) is 39.9 Å². The van der Waals surface area contributed by atoms with Crippen LogP contribution in [0.3, 0.4) is 0 Å². The van der Waals surface area contributed by atoms with Crippen molar-refractivity contribution in [2.24, 2.45) is 18.7 Å². The number of carboxylic acid groups (broad SMARTS) is 1. The summed E-state index contributed by atoms with van der Waals surface area (Å²) in [4.78, 5) is 23.9. The molecule has 7 nitrogen and oxygen atoms in total. The molecule has 0 aliphatic carbocycles. The minimum atomic E-state index is -0.795. The fourth-order valence-corrected chi connectivity index (χ4v) is 2.42. The highest BCUT2D eigenvalue weighted by molar-refractivity contribution is 5.99. The maximum Gasteiger partial charge on any atom is 0.303 e. The number of aliphatic carboxylic acids is 1. The molecule has 98 valence electrons. The Balaban J connectivity index is 2.16. The van der Waals surface area contributed by atoms with Crippen molar-refractivity contribution < 1.29 is 14.7 Å². The molecule has 1 amide bonds. The fourth-order valence-electron chi connectivity index (χ4n) is 2.42. The first-order valence-electron chi connectivity index (χ1n) is 5.70. The highest BCUT2D eigenvalue weighted by Crippen LogP contribution is 2.30. The fraction of sp³-hybridized carbons (Fsp3) is 0.545. The van der Waals surface area contributed by atoms with Crippen LogP contribution in [0.1, 0.15) is 22.5 Å². The number of aryl methyl sites for hydroxylation is 2. The number of hydrogen-bond acceptors (Lipinski definition) is 4. The van der Waals surface area contributed by atoms with Gasteiger partial charge in [0.1, 0.15) is 11.4 Å². The van der Waals surface area contributed by atoms with Crippen LogP contribution < -0.4 is 10.6 Å². The summed E-state index contributed by atoms with van der Waals surface area (Å²) in [5, 5.41) is 12.9. The van der Waals surface area contributed by atoms with E-state index in [1.165, 1.54) is 0 Å². The maximum atomic E-state index is 11.4. The number of nitrogens with zero attached hydrogens (tertiary/aromatic N) is 3. The van der Waals surface area contributed by atoms with Crippen LogP contribution in [0.2, 0.25) is 0 Å². The van der Waals surface area contributed by atoms with Crippen LogP contribution >= 0.6 is 0 Å². The summed E-state index contributed by atoms with van der Waals surface area (Å²) in [5.41, 5.74) is 6.37. The number of primary amides is 1. The van der Waals surface area contributed by atoms with Gasteiger partial charge in [0.25, 0.3) is 5.91 Å². The van der Waals surface area contributed by atoms with Gasteiger partial charge >= 0.3 is 5.97 Å². The summed E-state index contributed by atoms with van der Waals surface area (Å²) >= 11 is 0. The molecule has 1 aromatic rings. The molecule has 1 fully saturated rings. The predicted molar refractivity (Wildman–Crippen MR) is 64.4 cm³/mol. The van der Waals surface area contributed by atoms with Gasteiger partial charge in [-0.1, -0.05) is 0 Å². The van der Waals surface area contributed by atoms with Gasteiger partial charge in [0.2, 0.25) is 0 Å². The molecule has 0 spiro atoms. The van der Waals surface area contributed by atoms with Gasteiger partial charge in [-0.05, 0) is 6.92 Å². The van der Waals surface area contributed by atoms with E-state index in [2.05, 4.69) is 5.10 Å². The molecule has 0 atom stereocenters. The first-order valence-corrected chi connectivity index (χ1v) is 5.70. The minimum absolute atomic E-state index is 0.124. The van der Waals surface area contributed by atoms with Gasteiger partial charge in [0.15, 0.2) is 0 Å². The molecule has 3 N–H and O–H groups in total. The number of anilines is 1. The van der Waals surface area contributed by atoms with Gasteiger partial charge in [0, 0.05) is 26.1 Å². The number of hydrogen-bond donors (Lipinski definition) is 2. The number of carbonyl (C=O) groups excluding carboxylic acids is 1. The summed E-state index contributed by atoms with van der Waals surface area (Å²) in [7, 11) is 1.75. The second-order valence-corrected chi connectivity index (χ2v) is 4.64. The van der Waals surface area contributed by atoms with E-state index < -0.39 is 11.9 Å². The Labute approximate surface area is 104 Å². The quantitative estimate of drug-likeness (QED) is 0.768. The molecule has 1 aromatic heterocycles. The molecule has 2 heterocycles. The van der Waals surface area contributed by atoms with Crippen molar-refractivity contribution in [1.29, 1.82) is 0 Å². The first-order chi connectivity index (χ1) is 8.40. The maximum absolute atomic E-state index is 11.4. The Morgan fingerprint density at radius 3 is 2.61 bits per heavy atom. The van der Waals surface area contributed by atoms with Gasteiger partial charge in [-0.25, -0.2) is 0 Å². The van der Waals surface area contributed by atoms with Crippen molar-refractivity contribution in [2.75, 3.05) is 18.0 Å². The van der Waals surface area contributed by atoms with Gasteiger partial charge < -0.3 is 15.7 Å². The van der Waals surface area contributed by atoms with Crippen LogP contribution in [0.4, 0.5) is 5.82 Å². The van der Waals surface area contributed by atoms with Crippen molar-refractivity contribution in [3.8, 4) is 0 Å². The number of nitrogens with two attached hydrogens (primary N) is 1. The topological polar surface area (TPSA) is 101 Å². The summed E-state index contributed by atoms with van der Waals surface area (Å²) < 4.78 is 1.62. The lowest BCUT2D eigenvalue weighted by atomic mass is 9.96. The average Bonchev–Trinajstić information content (AvgIpc) is 2.46. The Bertz CT molecular complexity index is 503. The van der Waals surface area contributed by atoms with Crippen LogP contribution in [0.15, 0.2) is 0 Å². The Hall–Kier alpha value is -2.05. The molecule has 0 bridgehead atoms. The Kier molecular flexibility index (Phi) is 2.98. The van der Waals surface area contributed by atoms with Crippen molar-refractivity contribution in [1.82, 2.24) is 9.78 Å². The number of amides is 1. The predicted octanol–water partition coefficient (Wildman–Crippen LogP) is -0.262. The molecular formula is C11H16N4O3. The largest absolute Gasteiger partial charge is 0.481 e. The molecule has 1 aliphatic rings. The van der Waals surface area contributed by atoms with Crippen molar-refractivity contribution in [3.63, 3.8) is 0 Å². The molecule has 0 saturated carbocycles. The van der Waals surface area contributed by atoms with Crippen molar-refractivity contribution in [2.45, 2.75) is 13.3 Å². The van der Waals surface area contributed by atoms with E-state index >= 15 is 0 Å². The van der Waals surface area contributed by atoms with Gasteiger partial charge in [-0.3, -0.25) is 14.3 Å². The van der Waals surface area contributed by atoms with E-state index in [1.54, 1.807) is 18.7 Å². The number of carboxylic acids is 1. The van der Waals surface area contributed by atoms with Gasteiger partial charge in [-0.15, -0.1) is 0 Å². The minimum Gasteiger partial charge on any atom is -0.481 e. The number of aromatic nitrogens is 2. The lowest BCUT2D eigenvalue weighted by Gasteiger charge is -2.40. The van der Waals surface area contributed by atoms with Gasteiger partial charge in [0.05, 0.1) is 12.1 Å². The van der Waals surface area contributed by atoms with E-state index in [9.17, 15) is 9.59 Å². The summed E-state index contributed by atoms with van der Waals surface area (Å²) in [6, 6.07) is 0. The summed E-state index contributed by atoms with van der Waals surface area (Å²) in [6.45, 7) is 2.97. The van der Waals surface area contributed by atoms with E-state index in [0.29, 0.717) is 30.2 Å². The van der Waals surface area contributed by atoms with Crippen LogP contribution in [0, 0.1) is 12.8 Å². The molecule has 1 aliphatic heterocycles. The Morgan fingerprint density at radius 2 is 2.11 bits per heavy atom. The third-order valence-electron chi connectivity index (χ3n) is 3.16. The first kappa shape index (κ1) is 12.4. The summed E-state index contributed by atoms with van der Waals surface area (Å²) in [5.74, 6) is -0.492. The normalized spacial score (nSPS) is 15.6. The molecule has 2 rings (SSSR count). The zero-order valence-electron chi connectivity index (χ0n) is 10.4. The molecule has 0 radical (unpaired) electrons. The molecule has 0 unspecified atom stereocenters. The van der Waals surface area contributed by atoms with E-state index in [0.717, 1.165) is 0 Å². The lowest BCUT2D eigenvalue weighted by Crippen LogP contribution is -2.49. The Morgan fingerprint density at radius 1 is 1.50 bits per heavy atom. The van der Waals surface area contributed by atoms with Crippen LogP contribution in [-0.2, 0) is 11.8 Å². The lowest BCUT2D eigenvalue weighted by molar-refractivity contribution is -0.138. The third kappa shape index (κ3) is 2.03. The zero-order chi connectivity index (χ0) is 13.4. The monoisotopic (exact) mass is 252 g/mol. The average molecular weight is 252 g/mol. The van der Waals surface area contributed by atoms with Crippen molar-refractivity contribution in [3.05, 3.63) is 11.3 Å². The zero-order valence-corrected chi connectivity index (χ0v) is 10.4. The number of rotatable bonds is 4. The SMILES string of the molecule is Cc1nn(C)c(N2CC(CC(=O)O)C2)c1C(N)=O. The highest BCUT2D eigenvalue weighted by Gasteiger charge is 2.33. The molecule has 18 heavy (non-hydrogen) atoms. The van der Waals surface area contributed by atoms with Crippen LogP contribution in [0.5, 0.6) is 0 Å². The van der Waals surface area contributed by atoms with Gasteiger partial charge in [-0.2, -0.15) is 5.10 Å². The molecular weight excluding hydrogens is 236 g/mol. The molecule has 1 saturated heterocycles. The second kappa shape index (κ2) is 4.32. The highest BCUT2D eigenvalue weighted by atomic mass is 16.4.